The van der Waals surface area contributed by atoms with Gasteiger partial charge in [-0.05, 0) is 68.2 Å². The number of carbonyl (C=O) groups is 1. The molecule has 1 amide bonds. The lowest BCUT2D eigenvalue weighted by Crippen LogP contribution is -2.27. The lowest BCUT2D eigenvalue weighted by atomic mass is 9.98. The Kier molecular flexibility index (Phi) is 4.63. The molecule has 1 rings (SSSR count). The van der Waals surface area contributed by atoms with E-state index in [0.717, 1.165) is 4.47 Å². The second-order valence-electron chi connectivity index (χ2n) is 5.88. The Morgan fingerprint density at radius 2 is 1.84 bits per heavy atom. The van der Waals surface area contributed by atoms with E-state index in [9.17, 15) is 9.90 Å². The monoisotopic (exact) mass is 329 g/mol. The predicted molar refractivity (Wildman–Crippen MR) is 79.2 cm³/mol. The summed E-state index contributed by atoms with van der Waals surface area (Å²) in [5, 5.41) is 12.6. The van der Waals surface area contributed by atoms with Gasteiger partial charge in [0.2, 0.25) is 0 Å². The largest absolute Gasteiger partial charge is 0.444 e. The average molecular weight is 330 g/mol. The van der Waals surface area contributed by atoms with Gasteiger partial charge in [-0.1, -0.05) is 6.07 Å². The maximum atomic E-state index is 11.7. The summed E-state index contributed by atoms with van der Waals surface area (Å²) in [5.41, 5.74) is -0.245. The van der Waals surface area contributed by atoms with Gasteiger partial charge in [0.25, 0.3) is 0 Å². The molecule has 0 aliphatic carbocycles. The molecule has 0 heterocycles. The van der Waals surface area contributed by atoms with Crippen molar-refractivity contribution in [2.45, 2.75) is 45.8 Å². The topological polar surface area (TPSA) is 58.6 Å². The van der Waals surface area contributed by atoms with Gasteiger partial charge in [0.05, 0.1) is 11.3 Å². The fourth-order valence-electron chi connectivity index (χ4n) is 1.42. The van der Waals surface area contributed by atoms with Crippen LogP contribution in [0.25, 0.3) is 0 Å². The van der Waals surface area contributed by atoms with Crippen molar-refractivity contribution >= 4 is 27.7 Å². The number of aliphatic hydroxyl groups is 1. The quantitative estimate of drug-likeness (QED) is 0.861. The van der Waals surface area contributed by atoms with E-state index >= 15 is 0 Å². The number of halogens is 1. The zero-order valence-corrected chi connectivity index (χ0v) is 13.5. The molecule has 19 heavy (non-hydrogen) atoms. The Labute approximate surface area is 122 Å². The lowest BCUT2D eigenvalue weighted by molar-refractivity contribution is 0.0634. The van der Waals surface area contributed by atoms with Crippen LogP contribution < -0.4 is 5.32 Å². The summed E-state index contributed by atoms with van der Waals surface area (Å²) >= 11 is 3.35. The molecule has 2 N–H and O–H groups in total. The first kappa shape index (κ1) is 16.0. The number of anilines is 1. The number of ether oxygens (including phenoxy) is 1. The van der Waals surface area contributed by atoms with E-state index in [0.29, 0.717) is 11.3 Å². The molecule has 0 aliphatic rings. The first-order chi connectivity index (χ1) is 8.49. The van der Waals surface area contributed by atoms with Gasteiger partial charge in [-0.2, -0.15) is 0 Å². The number of nitrogens with one attached hydrogen (secondary N) is 1. The molecule has 5 heteroatoms. The third-order valence-electron chi connectivity index (χ3n) is 2.31. The van der Waals surface area contributed by atoms with Gasteiger partial charge in [-0.25, -0.2) is 4.79 Å². The van der Waals surface area contributed by atoms with Gasteiger partial charge >= 0.3 is 6.09 Å². The van der Waals surface area contributed by atoms with Gasteiger partial charge in [-0.15, -0.1) is 0 Å². The second kappa shape index (κ2) is 5.51. The highest BCUT2D eigenvalue weighted by Gasteiger charge is 2.20. The van der Waals surface area contributed by atoms with Gasteiger partial charge in [-0.3, -0.25) is 5.32 Å². The summed E-state index contributed by atoms with van der Waals surface area (Å²) in [4.78, 5) is 11.7. The fourth-order valence-corrected chi connectivity index (χ4v) is 1.76. The Morgan fingerprint density at radius 1 is 1.26 bits per heavy atom. The highest BCUT2D eigenvalue weighted by atomic mass is 79.9. The summed E-state index contributed by atoms with van der Waals surface area (Å²) in [7, 11) is 0. The predicted octanol–water partition coefficient (Wildman–Crippen LogP) is 4.02. The van der Waals surface area contributed by atoms with Crippen LogP contribution in [0.15, 0.2) is 22.7 Å². The first-order valence-corrected chi connectivity index (χ1v) is 6.81. The lowest BCUT2D eigenvalue weighted by Gasteiger charge is -2.22. The summed E-state index contributed by atoms with van der Waals surface area (Å²) in [6, 6.07) is 5.29. The minimum absolute atomic E-state index is 0.527. The van der Waals surface area contributed by atoms with Gasteiger partial charge < -0.3 is 9.84 Å². The van der Waals surface area contributed by atoms with E-state index < -0.39 is 17.3 Å². The molecular formula is C14H20BrNO3. The molecule has 0 unspecified atom stereocenters. The fraction of sp³-hybridized carbons (Fsp3) is 0.500. The molecular weight excluding hydrogens is 310 g/mol. The maximum absolute atomic E-state index is 11.7. The van der Waals surface area contributed by atoms with Gasteiger partial charge in [0.1, 0.15) is 5.60 Å². The standard InChI is InChI=1S/C14H20BrNO3/c1-13(2,3)19-12(17)16-11-8-9(14(4,5)18)6-7-10(11)15/h6-8,18H,1-5H3,(H,16,17). The van der Waals surface area contributed by atoms with Crippen LogP contribution in [0.4, 0.5) is 10.5 Å². The highest BCUT2D eigenvalue weighted by Crippen LogP contribution is 2.29. The molecule has 0 radical (unpaired) electrons. The molecule has 0 fully saturated rings. The zero-order chi connectivity index (χ0) is 14.8. The molecule has 0 spiro atoms. The van der Waals surface area contributed by atoms with Crippen LogP contribution in [0.1, 0.15) is 40.2 Å². The summed E-state index contributed by atoms with van der Waals surface area (Å²) in [6.07, 6.45) is -0.527. The summed E-state index contributed by atoms with van der Waals surface area (Å²) in [5.74, 6) is 0. The van der Waals surface area contributed by atoms with Crippen LogP contribution in [0.2, 0.25) is 0 Å². The molecule has 1 aromatic rings. The minimum atomic E-state index is -0.967. The maximum Gasteiger partial charge on any atom is 0.412 e. The van der Waals surface area contributed by atoms with Crippen LogP contribution >= 0.6 is 15.9 Å². The van der Waals surface area contributed by atoms with Crippen molar-refractivity contribution in [2.75, 3.05) is 5.32 Å². The van der Waals surface area contributed by atoms with Crippen molar-refractivity contribution in [3.63, 3.8) is 0 Å². The number of hydrogen-bond acceptors (Lipinski definition) is 3. The molecule has 0 atom stereocenters. The number of hydrogen-bond donors (Lipinski definition) is 2. The van der Waals surface area contributed by atoms with Crippen molar-refractivity contribution in [1.82, 2.24) is 0 Å². The molecule has 0 saturated carbocycles. The van der Waals surface area contributed by atoms with Gasteiger partial charge in [0.15, 0.2) is 0 Å². The second-order valence-corrected chi connectivity index (χ2v) is 6.73. The Hall–Kier alpha value is -1.07. The van der Waals surface area contributed by atoms with Crippen LogP contribution in [0.3, 0.4) is 0 Å². The van der Waals surface area contributed by atoms with Crippen LogP contribution in [-0.4, -0.2) is 16.8 Å². The number of carbonyl (C=O) groups excluding carboxylic acids is 1. The van der Waals surface area contributed by atoms with Crippen molar-refractivity contribution in [3.05, 3.63) is 28.2 Å². The van der Waals surface area contributed by atoms with Crippen molar-refractivity contribution in [2.24, 2.45) is 0 Å². The molecule has 1 aromatic carbocycles. The molecule has 0 bridgehead atoms. The van der Waals surface area contributed by atoms with Crippen LogP contribution in [0.5, 0.6) is 0 Å². The highest BCUT2D eigenvalue weighted by molar-refractivity contribution is 9.10. The van der Waals surface area contributed by atoms with Crippen LogP contribution in [-0.2, 0) is 10.3 Å². The Bertz CT molecular complexity index is 473. The van der Waals surface area contributed by atoms with E-state index in [4.69, 9.17) is 4.74 Å². The SMILES string of the molecule is CC(C)(C)OC(=O)Nc1cc(C(C)(C)O)ccc1Br. The Morgan fingerprint density at radius 3 is 2.32 bits per heavy atom. The van der Waals surface area contributed by atoms with Gasteiger partial charge in [0, 0.05) is 4.47 Å². The molecule has 0 saturated heterocycles. The van der Waals surface area contributed by atoms with E-state index in [2.05, 4.69) is 21.2 Å². The van der Waals surface area contributed by atoms with Crippen LogP contribution in [0, 0.1) is 0 Å². The van der Waals surface area contributed by atoms with E-state index in [1.165, 1.54) is 0 Å². The third kappa shape index (κ3) is 5.20. The number of rotatable bonds is 2. The summed E-state index contributed by atoms with van der Waals surface area (Å²) in [6.45, 7) is 8.78. The normalized spacial score (nSPS) is 12.2. The average Bonchev–Trinajstić information content (AvgIpc) is 2.16. The third-order valence-corrected chi connectivity index (χ3v) is 3.00. The minimum Gasteiger partial charge on any atom is -0.444 e. The molecule has 0 aromatic heterocycles. The first-order valence-electron chi connectivity index (χ1n) is 6.01. The molecule has 0 aliphatic heterocycles. The van der Waals surface area contributed by atoms with E-state index in [1.807, 2.05) is 0 Å². The smallest absolute Gasteiger partial charge is 0.412 e. The molecule has 4 nitrogen and oxygen atoms in total. The van der Waals surface area contributed by atoms with E-state index in [1.54, 1.807) is 52.8 Å². The Balaban J connectivity index is 2.92. The zero-order valence-electron chi connectivity index (χ0n) is 11.9. The number of benzene rings is 1. The summed E-state index contributed by atoms with van der Waals surface area (Å²) < 4.78 is 5.92. The number of amides is 1. The van der Waals surface area contributed by atoms with E-state index in [-0.39, 0.29) is 0 Å². The van der Waals surface area contributed by atoms with Crippen molar-refractivity contribution < 1.29 is 14.6 Å². The molecule has 106 valence electrons. The van der Waals surface area contributed by atoms with Crippen molar-refractivity contribution in [3.8, 4) is 0 Å². The van der Waals surface area contributed by atoms with Crippen molar-refractivity contribution in [1.29, 1.82) is 0 Å².